The number of nitrogens with one attached hydrogen (secondary N) is 2. The van der Waals surface area contributed by atoms with Crippen molar-refractivity contribution < 1.29 is 14.3 Å². The molecule has 28 heavy (non-hydrogen) atoms. The van der Waals surface area contributed by atoms with Crippen LogP contribution in [0.5, 0.6) is 5.75 Å². The van der Waals surface area contributed by atoms with Gasteiger partial charge in [0.1, 0.15) is 17.3 Å². The summed E-state index contributed by atoms with van der Waals surface area (Å²) in [7, 11) is 1.59. The summed E-state index contributed by atoms with van der Waals surface area (Å²) in [5.41, 5.74) is 1.23. The van der Waals surface area contributed by atoms with Crippen molar-refractivity contribution in [3.05, 3.63) is 54.1 Å². The molecule has 0 aliphatic heterocycles. The normalized spacial score (nSPS) is 13.0. The van der Waals surface area contributed by atoms with Crippen molar-refractivity contribution in [2.24, 2.45) is 5.92 Å². The van der Waals surface area contributed by atoms with Crippen LogP contribution in [0.15, 0.2) is 48.5 Å². The largest absolute Gasteiger partial charge is 0.494 e. The van der Waals surface area contributed by atoms with Gasteiger partial charge in [0.25, 0.3) is 5.91 Å². The predicted octanol–water partition coefficient (Wildman–Crippen LogP) is 4.09. The van der Waals surface area contributed by atoms with Crippen LogP contribution in [0, 0.1) is 5.92 Å². The standard InChI is InChI=1S/C21H23N3O3S/c1-4-13(2)17(22-19(25)14-9-6-5-7-10-14)20(26)24-21-23-18-15(27-3)11-8-12-16(18)28-21/h5-13,17H,4H2,1-3H3,(H,22,25)(H,23,24,26)/t13-,17-/m0/s1. The van der Waals surface area contributed by atoms with E-state index in [4.69, 9.17) is 4.74 Å². The Bertz CT molecular complexity index is 971. The van der Waals surface area contributed by atoms with Gasteiger partial charge in [-0.25, -0.2) is 4.98 Å². The Morgan fingerprint density at radius 3 is 2.57 bits per heavy atom. The van der Waals surface area contributed by atoms with E-state index in [1.165, 1.54) is 11.3 Å². The average molecular weight is 398 g/mol. The van der Waals surface area contributed by atoms with Gasteiger partial charge in [0.15, 0.2) is 5.13 Å². The number of thiazole rings is 1. The number of aromatic nitrogens is 1. The number of para-hydroxylation sites is 1. The summed E-state index contributed by atoms with van der Waals surface area (Å²) in [6, 6.07) is 13.9. The van der Waals surface area contributed by atoms with Gasteiger partial charge in [-0.1, -0.05) is 55.9 Å². The predicted molar refractivity (Wildman–Crippen MR) is 112 cm³/mol. The van der Waals surface area contributed by atoms with Crippen LogP contribution in [-0.2, 0) is 4.79 Å². The second-order valence-corrected chi connectivity index (χ2v) is 7.55. The third kappa shape index (κ3) is 4.31. The minimum atomic E-state index is -0.661. The lowest BCUT2D eigenvalue weighted by molar-refractivity contribution is -0.119. The van der Waals surface area contributed by atoms with Crippen LogP contribution in [0.3, 0.4) is 0 Å². The molecule has 7 heteroatoms. The summed E-state index contributed by atoms with van der Waals surface area (Å²) in [6.45, 7) is 3.93. The minimum absolute atomic E-state index is 0.0309. The van der Waals surface area contributed by atoms with Gasteiger partial charge in [-0.05, 0) is 30.2 Å². The molecule has 2 aromatic carbocycles. The fourth-order valence-corrected chi connectivity index (χ4v) is 3.73. The number of hydrogen-bond donors (Lipinski definition) is 2. The van der Waals surface area contributed by atoms with Gasteiger partial charge in [0.05, 0.1) is 11.8 Å². The molecule has 0 aliphatic rings. The average Bonchev–Trinajstić information content (AvgIpc) is 3.14. The molecule has 1 aromatic heterocycles. The first-order valence-corrected chi connectivity index (χ1v) is 9.95. The number of carbonyl (C=O) groups is 2. The summed E-state index contributed by atoms with van der Waals surface area (Å²) < 4.78 is 6.24. The van der Waals surface area contributed by atoms with E-state index in [-0.39, 0.29) is 17.7 Å². The Morgan fingerprint density at radius 1 is 1.14 bits per heavy atom. The van der Waals surface area contributed by atoms with Crippen molar-refractivity contribution in [3.63, 3.8) is 0 Å². The second-order valence-electron chi connectivity index (χ2n) is 6.52. The van der Waals surface area contributed by atoms with Crippen LogP contribution >= 0.6 is 11.3 Å². The van der Waals surface area contributed by atoms with E-state index in [0.717, 1.165) is 11.1 Å². The molecule has 146 valence electrons. The number of nitrogens with zero attached hydrogens (tertiary/aromatic N) is 1. The fourth-order valence-electron chi connectivity index (χ4n) is 2.84. The summed E-state index contributed by atoms with van der Waals surface area (Å²) in [4.78, 5) is 29.9. The van der Waals surface area contributed by atoms with Crippen molar-refractivity contribution in [2.45, 2.75) is 26.3 Å². The lowest BCUT2D eigenvalue weighted by Gasteiger charge is -2.23. The Balaban J connectivity index is 1.79. The van der Waals surface area contributed by atoms with E-state index in [2.05, 4.69) is 15.6 Å². The Kier molecular flexibility index (Phi) is 6.26. The summed E-state index contributed by atoms with van der Waals surface area (Å²) >= 11 is 1.37. The van der Waals surface area contributed by atoms with E-state index in [9.17, 15) is 9.59 Å². The van der Waals surface area contributed by atoms with Gasteiger partial charge in [0, 0.05) is 5.56 Å². The lowest BCUT2D eigenvalue weighted by atomic mass is 9.98. The first-order valence-electron chi connectivity index (χ1n) is 9.13. The molecule has 1 heterocycles. The number of carbonyl (C=O) groups excluding carboxylic acids is 2. The van der Waals surface area contributed by atoms with E-state index in [1.54, 1.807) is 31.4 Å². The number of benzene rings is 2. The molecule has 2 amide bonds. The first-order chi connectivity index (χ1) is 13.5. The fraction of sp³-hybridized carbons (Fsp3) is 0.286. The zero-order chi connectivity index (χ0) is 20.1. The number of amides is 2. The lowest BCUT2D eigenvalue weighted by Crippen LogP contribution is -2.47. The van der Waals surface area contributed by atoms with Gasteiger partial charge < -0.3 is 15.4 Å². The van der Waals surface area contributed by atoms with Crippen LogP contribution in [-0.4, -0.2) is 29.9 Å². The number of ether oxygens (including phenoxy) is 1. The highest BCUT2D eigenvalue weighted by atomic mass is 32.1. The molecule has 0 spiro atoms. The highest BCUT2D eigenvalue weighted by Crippen LogP contribution is 2.32. The molecular weight excluding hydrogens is 374 g/mol. The minimum Gasteiger partial charge on any atom is -0.494 e. The molecule has 0 bridgehead atoms. The third-order valence-corrected chi connectivity index (χ3v) is 5.59. The van der Waals surface area contributed by atoms with Gasteiger partial charge in [0.2, 0.25) is 5.91 Å². The zero-order valence-electron chi connectivity index (χ0n) is 16.1. The molecule has 0 saturated heterocycles. The molecule has 0 unspecified atom stereocenters. The van der Waals surface area contributed by atoms with Crippen molar-refractivity contribution >= 4 is 38.5 Å². The molecule has 0 saturated carbocycles. The molecule has 6 nitrogen and oxygen atoms in total. The SMILES string of the molecule is CC[C@H](C)[C@H](NC(=O)c1ccccc1)C(=O)Nc1nc2c(OC)cccc2s1. The number of methoxy groups -OCH3 is 1. The molecule has 0 radical (unpaired) electrons. The molecule has 2 atom stereocenters. The number of rotatable bonds is 7. The van der Waals surface area contributed by atoms with E-state index in [1.807, 2.05) is 38.1 Å². The molecule has 3 rings (SSSR count). The van der Waals surface area contributed by atoms with Crippen molar-refractivity contribution in [1.29, 1.82) is 0 Å². The summed E-state index contributed by atoms with van der Waals surface area (Å²) in [5.74, 6) is 0.0744. The smallest absolute Gasteiger partial charge is 0.251 e. The molecule has 0 aliphatic carbocycles. The second kappa shape index (κ2) is 8.84. The molecule has 0 fully saturated rings. The Hall–Kier alpha value is -2.93. The van der Waals surface area contributed by atoms with Gasteiger partial charge in [-0.3, -0.25) is 9.59 Å². The molecule has 3 aromatic rings. The number of fused-ring (bicyclic) bond motifs is 1. The van der Waals surface area contributed by atoms with Crippen LogP contribution in [0.25, 0.3) is 10.2 Å². The quantitative estimate of drug-likeness (QED) is 0.629. The first kappa shape index (κ1) is 19.8. The topological polar surface area (TPSA) is 80.3 Å². The van der Waals surface area contributed by atoms with Gasteiger partial charge in [-0.2, -0.15) is 0 Å². The summed E-state index contributed by atoms with van der Waals surface area (Å²) in [6.07, 6.45) is 0.751. The van der Waals surface area contributed by atoms with E-state index < -0.39 is 6.04 Å². The summed E-state index contributed by atoms with van der Waals surface area (Å²) in [5, 5.41) is 6.19. The van der Waals surface area contributed by atoms with Crippen LogP contribution < -0.4 is 15.4 Å². The highest BCUT2D eigenvalue weighted by Gasteiger charge is 2.27. The van der Waals surface area contributed by atoms with Crippen molar-refractivity contribution in [3.8, 4) is 5.75 Å². The Morgan fingerprint density at radius 2 is 1.89 bits per heavy atom. The van der Waals surface area contributed by atoms with Crippen molar-refractivity contribution in [2.75, 3.05) is 12.4 Å². The monoisotopic (exact) mass is 397 g/mol. The van der Waals surface area contributed by atoms with Crippen LogP contribution in [0.4, 0.5) is 5.13 Å². The Labute approximate surface area is 167 Å². The molecule has 2 N–H and O–H groups in total. The van der Waals surface area contributed by atoms with Crippen LogP contribution in [0.2, 0.25) is 0 Å². The maximum Gasteiger partial charge on any atom is 0.251 e. The van der Waals surface area contributed by atoms with Gasteiger partial charge in [-0.15, -0.1) is 0 Å². The van der Waals surface area contributed by atoms with Crippen LogP contribution in [0.1, 0.15) is 30.6 Å². The van der Waals surface area contributed by atoms with Crippen molar-refractivity contribution in [1.82, 2.24) is 10.3 Å². The highest BCUT2D eigenvalue weighted by molar-refractivity contribution is 7.22. The van der Waals surface area contributed by atoms with E-state index in [0.29, 0.717) is 22.0 Å². The molecular formula is C21H23N3O3S. The number of anilines is 1. The number of hydrogen-bond acceptors (Lipinski definition) is 5. The maximum atomic E-state index is 12.9. The maximum absolute atomic E-state index is 12.9. The zero-order valence-corrected chi connectivity index (χ0v) is 16.9. The van der Waals surface area contributed by atoms with Gasteiger partial charge >= 0.3 is 0 Å². The third-order valence-electron chi connectivity index (χ3n) is 4.65. The van der Waals surface area contributed by atoms with E-state index >= 15 is 0 Å².